The number of nitrogens with two attached hydrogens (primary N) is 1. The Morgan fingerprint density at radius 1 is 1.05 bits per heavy atom. The Hall–Kier alpha value is -2.69. The zero-order valence-electron chi connectivity index (χ0n) is 11.3. The van der Waals surface area contributed by atoms with E-state index >= 15 is 0 Å². The first-order chi connectivity index (χ1) is 9.63. The first-order valence-corrected chi connectivity index (χ1v) is 6.27. The fourth-order valence-electron chi connectivity index (χ4n) is 2.09. The Morgan fingerprint density at radius 2 is 1.80 bits per heavy atom. The van der Waals surface area contributed by atoms with Crippen molar-refractivity contribution in [3.8, 4) is 11.8 Å². The normalized spacial score (nSPS) is 10.7. The van der Waals surface area contributed by atoms with Gasteiger partial charge >= 0.3 is 6.01 Å². The molecule has 0 aliphatic rings. The number of aryl methyl sites for hydroxylation is 2. The van der Waals surface area contributed by atoms with Gasteiger partial charge in [-0.05, 0) is 44.2 Å². The Labute approximate surface area is 116 Å². The van der Waals surface area contributed by atoms with Gasteiger partial charge in [0.05, 0.1) is 0 Å². The van der Waals surface area contributed by atoms with Gasteiger partial charge < -0.3 is 10.5 Å². The van der Waals surface area contributed by atoms with Crippen molar-refractivity contribution in [3.63, 3.8) is 0 Å². The summed E-state index contributed by atoms with van der Waals surface area (Å²) in [6.07, 6.45) is 1.71. The number of nitrogen functional groups attached to an aromatic ring is 1. The summed E-state index contributed by atoms with van der Waals surface area (Å²) in [5.41, 5.74) is 9.03. The van der Waals surface area contributed by atoms with Crippen LogP contribution in [-0.4, -0.2) is 15.0 Å². The van der Waals surface area contributed by atoms with Gasteiger partial charge in [0.25, 0.3) is 0 Å². The molecule has 3 rings (SSSR count). The molecule has 0 bridgehead atoms. The summed E-state index contributed by atoms with van der Waals surface area (Å²) in [5.74, 6) is 0.597. The minimum Gasteiger partial charge on any atom is -0.422 e. The van der Waals surface area contributed by atoms with Crippen molar-refractivity contribution in [2.45, 2.75) is 13.8 Å². The molecule has 0 aliphatic carbocycles. The van der Waals surface area contributed by atoms with Gasteiger partial charge in [-0.1, -0.05) is 0 Å². The maximum atomic E-state index is 5.94. The van der Waals surface area contributed by atoms with Crippen LogP contribution in [0.1, 0.15) is 11.4 Å². The van der Waals surface area contributed by atoms with Crippen LogP contribution in [0.2, 0.25) is 0 Å². The number of hydrogen-bond donors (Lipinski definition) is 1. The molecule has 0 unspecified atom stereocenters. The van der Waals surface area contributed by atoms with E-state index in [1.165, 1.54) is 0 Å². The predicted octanol–water partition coefficient (Wildman–Crippen LogP) is 3.02. The fourth-order valence-corrected chi connectivity index (χ4v) is 2.09. The first-order valence-electron chi connectivity index (χ1n) is 6.27. The van der Waals surface area contributed by atoms with Crippen LogP contribution in [0.25, 0.3) is 10.9 Å². The summed E-state index contributed by atoms with van der Waals surface area (Å²) in [4.78, 5) is 12.9. The standard InChI is InChI=1S/C15H14N4O/c1-9-8-10(2)19-15(18-9)20-13-6-5-12(16)11-4-3-7-17-14(11)13/h3-8H,16H2,1-2H3. The van der Waals surface area contributed by atoms with Crippen LogP contribution in [0.3, 0.4) is 0 Å². The Balaban J connectivity index is 2.09. The highest BCUT2D eigenvalue weighted by molar-refractivity contribution is 5.94. The minimum atomic E-state index is 0.319. The molecule has 0 fully saturated rings. The monoisotopic (exact) mass is 266 g/mol. The van der Waals surface area contributed by atoms with Gasteiger partial charge in [0.1, 0.15) is 5.52 Å². The van der Waals surface area contributed by atoms with E-state index in [1.807, 2.05) is 32.0 Å². The molecule has 2 N–H and O–H groups in total. The van der Waals surface area contributed by atoms with E-state index in [4.69, 9.17) is 10.5 Å². The third kappa shape index (κ3) is 2.25. The number of ether oxygens (including phenoxy) is 1. The summed E-state index contributed by atoms with van der Waals surface area (Å²) >= 11 is 0. The van der Waals surface area contributed by atoms with Crippen LogP contribution in [0.5, 0.6) is 11.8 Å². The number of pyridine rings is 1. The molecule has 5 heteroatoms. The molecule has 0 radical (unpaired) electrons. The highest BCUT2D eigenvalue weighted by atomic mass is 16.5. The van der Waals surface area contributed by atoms with Crippen molar-refractivity contribution in [3.05, 3.63) is 47.9 Å². The van der Waals surface area contributed by atoms with Crippen LogP contribution in [0.15, 0.2) is 36.5 Å². The zero-order valence-corrected chi connectivity index (χ0v) is 11.3. The quantitative estimate of drug-likeness (QED) is 0.722. The number of anilines is 1. The van der Waals surface area contributed by atoms with Crippen molar-refractivity contribution < 1.29 is 4.74 Å². The maximum Gasteiger partial charge on any atom is 0.322 e. The SMILES string of the molecule is Cc1cc(C)nc(Oc2ccc(N)c3cccnc23)n1. The van der Waals surface area contributed by atoms with Crippen LogP contribution >= 0.6 is 0 Å². The average molecular weight is 266 g/mol. The number of hydrogen-bond acceptors (Lipinski definition) is 5. The van der Waals surface area contributed by atoms with E-state index in [0.717, 1.165) is 16.8 Å². The molecule has 3 aromatic rings. The number of rotatable bonds is 2. The van der Waals surface area contributed by atoms with Crippen molar-refractivity contribution >= 4 is 16.6 Å². The Morgan fingerprint density at radius 3 is 2.55 bits per heavy atom. The molecule has 20 heavy (non-hydrogen) atoms. The number of nitrogens with zero attached hydrogens (tertiary/aromatic N) is 3. The highest BCUT2D eigenvalue weighted by Crippen LogP contribution is 2.30. The average Bonchev–Trinajstić information content (AvgIpc) is 2.41. The van der Waals surface area contributed by atoms with E-state index in [-0.39, 0.29) is 0 Å². The summed E-state index contributed by atoms with van der Waals surface area (Å²) in [6, 6.07) is 9.54. The topological polar surface area (TPSA) is 73.9 Å². The molecule has 100 valence electrons. The molecule has 0 atom stereocenters. The van der Waals surface area contributed by atoms with Gasteiger partial charge in [-0.2, -0.15) is 0 Å². The molecule has 0 saturated carbocycles. The first kappa shape index (κ1) is 12.3. The second-order valence-corrected chi connectivity index (χ2v) is 4.59. The molecule has 1 aromatic carbocycles. The summed E-state index contributed by atoms with van der Waals surface area (Å²) < 4.78 is 5.77. The molecule has 2 aromatic heterocycles. The van der Waals surface area contributed by atoms with Crippen LogP contribution in [0, 0.1) is 13.8 Å². The third-order valence-electron chi connectivity index (χ3n) is 2.93. The van der Waals surface area contributed by atoms with Crippen molar-refractivity contribution in [2.24, 2.45) is 0 Å². The van der Waals surface area contributed by atoms with Crippen molar-refractivity contribution in [1.82, 2.24) is 15.0 Å². The van der Waals surface area contributed by atoms with Gasteiger partial charge in [0.2, 0.25) is 0 Å². The van der Waals surface area contributed by atoms with E-state index < -0.39 is 0 Å². The van der Waals surface area contributed by atoms with Gasteiger partial charge in [-0.15, -0.1) is 0 Å². The summed E-state index contributed by atoms with van der Waals surface area (Å²) in [6.45, 7) is 3.81. The highest BCUT2D eigenvalue weighted by Gasteiger charge is 2.09. The summed E-state index contributed by atoms with van der Waals surface area (Å²) in [5, 5.41) is 0.856. The summed E-state index contributed by atoms with van der Waals surface area (Å²) in [7, 11) is 0. The molecule has 0 amide bonds. The van der Waals surface area contributed by atoms with Crippen molar-refractivity contribution in [2.75, 3.05) is 5.73 Å². The third-order valence-corrected chi connectivity index (χ3v) is 2.93. The molecular weight excluding hydrogens is 252 g/mol. The lowest BCUT2D eigenvalue weighted by atomic mass is 10.2. The van der Waals surface area contributed by atoms with E-state index in [0.29, 0.717) is 23.0 Å². The van der Waals surface area contributed by atoms with Crippen molar-refractivity contribution in [1.29, 1.82) is 0 Å². The van der Waals surface area contributed by atoms with Gasteiger partial charge in [-0.3, -0.25) is 4.98 Å². The fraction of sp³-hybridized carbons (Fsp3) is 0.133. The molecular formula is C15H14N4O. The minimum absolute atomic E-state index is 0.319. The van der Waals surface area contributed by atoms with Gasteiger partial charge in [0, 0.05) is 28.7 Å². The number of fused-ring (bicyclic) bond motifs is 1. The molecule has 0 aliphatic heterocycles. The zero-order chi connectivity index (χ0) is 14.1. The lowest BCUT2D eigenvalue weighted by Gasteiger charge is -2.09. The largest absolute Gasteiger partial charge is 0.422 e. The van der Waals surface area contributed by atoms with Crippen LogP contribution < -0.4 is 10.5 Å². The van der Waals surface area contributed by atoms with E-state index in [1.54, 1.807) is 18.3 Å². The number of benzene rings is 1. The maximum absolute atomic E-state index is 5.94. The Bertz CT molecular complexity index is 766. The molecule has 0 saturated heterocycles. The molecule has 0 spiro atoms. The molecule has 5 nitrogen and oxygen atoms in total. The van der Waals surface area contributed by atoms with Gasteiger partial charge in [-0.25, -0.2) is 9.97 Å². The molecule has 2 heterocycles. The lowest BCUT2D eigenvalue weighted by molar-refractivity contribution is 0.443. The van der Waals surface area contributed by atoms with E-state index in [2.05, 4.69) is 15.0 Å². The number of aromatic nitrogens is 3. The second kappa shape index (κ2) is 4.77. The second-order valence-electron chi connectivity index (χ2n) is 4.59. The smallest absolute Gasteiger partial charge is 0.322 e. The van der Waals surface area contributed by atoms with Gasteiger partial charge in [0.15, 0.2) is 5.75 Å². The predicted molar refractivity (Wildman–Crippen MR) is 77.7 cm³/mol. The van der Waals surface area contributed by atoms with Crippen LogP contribution in [0.4, 0.5) is 5.69 Å². The lowest BCUT2D eigenvalue weighted by Crippen LogP contribution is -1.97. The van der Waals surface area contributed by atoms with E-state index in [9.17, 15) is 0 Å². The van der Waals surface area contributed by atoms with Crippen LogP contribution in [-0.2, 0) is 0 Å². The Kier molecular flexibility index (Phi) is 2.95.